The van der Waals surface area contributed by atoms with Crippen LogP contribution in [0.1, 0.15) is 61.0 Å². The molecule has 1 amide bonds. The van der Waals surface area contributed by atoms with Crippen LogP contribution in [0.15, 0.2) is 53.9 Å². The molecule has 1 aromatic heterocycles. The van der Waals surface area contributed by atoms with Gasteiger partial charge in [-0.25, -0.2) is 4.98 Å². The Kier molecular flexibility index (Phi) is 9.07. The van der Waals surface area contributed by atoms with Gasteiger partial charge in [0.25, 0.3) is 5.91 Å². The molecule has 0 saturated heterocycles. The monoisotopic (exact) mass is 464 g/mol. The van der Waals surface area contributed by atoms with Crippen LogP contribution in [0.2, 0.25) is 0 Å². The van der Waals surface area contributed by atoms with Gasteiger partial charge in [0.15, 0.2) is 11.5 Å². The van der Waals surface area contributed by atoms with Crippen molar-refractivity contribution in [1.82, 2.24) is 10.3 Å². The number of ether oxygens (including phenoxy) is 2. The van der Waals surface area contributed by atoms with Crippen molar-refractivity contribution in [2.45, 2.75) is 46.1 Å². The standard InChI is InChI=1S/C27H32N2O3S/c1-5-6-10-15-32-25-14-13-21(17-26(25)31-4)16-23(22-11-8-7-9-12-22)27(30)28-19(2)24-18-33-20(3)29-24/h7-9,11-14,16-19H,5-6,10,15H2,1-4H3,(H,28,30)/b23-16+. The summed E-state index contributed by atoms with van der Waals surface area (Å²) in [6.07, 6.45) is 5.18. The molecule has 0 saturated carbocycles. The summed E-state index contributed by atoms with van der Waals surface area (Å²) in [5, 5.41) is 6.05. The highest BCUT2D eigenvalue weighted by Crippen LogP contribution is 2.30. The minimum Gasteiger partial charge on any atom is -0.493 e. The van der Waals surface area contributed by atoms with E-state index in [1.165, 1.54) is 0 Å². The number of carbonyl (C=O) groups is 1. The number of thiazole rings is 1. The number of aryl methyl sites for hydroxylation is 1. The van der Waals surface area contributed by atoms with E-state index in [1.807, 2.05) is 73.8 Å². The van der Waals surface area contributed by atoms with Gasteiger partial charge in [-0.15, -0.1) is 11.3 Å². The van der Waals surface area contributed by atoms with Crippen LogP contribution < -0.4 is 14.8 Å². The maximum Gasteiger partial charge on any atom is 0.252 e. The Bertz CT molecular complexity index is 1080. The molecule has 0 spiro atoms. The summed E-state index contributed by atoms with van der Waals surface area (Å²) in [4.78, 5) is 17.8. The van der Waals surface area contributed by atoms with E-state index >= 15 is 0 Å². The van der Waals surface area contributed by atoms with Crippen molar-refractivity contribution < 1.29 is 14.3 Å². The Balaban J connectivity index is 1.86. The lowest BCUT2D eigenvalue weighted by atomic mass is 10.0. The van der Waals surface area contributed by atoms with Crippen LogP contribution in [-0.2, 0) is 4.79 Å². The van der Waals surface area contributed by atoms with Gasteiger partial charge in [0.05, 0.1) is 30.5 Å². The van der Waals surface area contributed by atoms with Crippen molar-refractivity contribution in [3.05, 3.63) is 75.7 Å². The van der Waals surface area contributed by atoms with Crippen molar-refractivity contribution in [2.75, 3.05) is 13.7 Å². The van der Waals surface area contributed by atoms with Crippen LogP contribution >= 0.6 is 11.3 Å². The summed E-state index contributed by atoms with van der Waals surface area (Å²) < 4.78 is 11.4. The van der Waals surface area contributed by atoms with Gasteiger partial charge >= 0.3 is 0 Å². The predicted octanol–water partition coefficient (Wildman–Crippen LogP) is 6.45. The molecule has 1 N–H and O–H groups in total. The number of hydrogen-bond donors (Lipinski definition) is 1. The average molecular weight is 465 g/mol. The molecule has 0 aliphatic heterocycles. The number of unbranched alkanes of at least 4 members (excludes halogenated alkanes) is 2. The third kappa shape index (κ3) is 6.93. The van der Waals surface area contributed by atoms with Crippen LogP contribution in [0.4, 0.5) is 0 Å². The number of nitrogens with zero attached hydrogens (tertiary/aromatic N) is 1. The van der Waals surface area contributed by atoms with E-state index in [4.69, 9.17) is 9.47 Å². The fraction of sp³-hybridized carbons (Fsp3) is 0.333. The molecule has 3 rings (SSSR count). The molecule has 0 aliphatic carbocycles. The SMILES string of the molecule is CCCCCOc1ccc(/C=C(/C(=O)NC(C)c2csc(C)n2)c2ccccc2)cc1OC. The summed E-state index contributed by atoms with van der Waals surface area (Å²) in [7, 11) is 1.63. The molecular formula is C27H32N2O3S. The van der Waals surface area contributed by atoms with E-state index in [1.54, 1.807) is 18.4 Å². The van der Waals surface area contributed by atoms with Crippen molar-refractivity contribution >= 4 is 28.9 Å². The summed E-state index contributed by atoms with van der Waals surface area (Å²) in [6, 6.07) is 15.2. The first-order valence-corrected chi connectivity index (χ1v) is 12.2. The second-order valence-corrected chi connectivity index (χ2v) is 8.94. The molecule has 0 bridgehead atoms. The Morgan fingerprint density at radius 1 is 1.15 bits per heavy atom. The quantitative estimate of drug-likeness (QED) is 0.201. The third-order valence-electron chi connectivity index (χ3n) is 5.26. The maximum absolute atomic E-state index is 13.3. The van der Waals surface area contributed by atoms with E-state index in [0.717, 1.165) is 41.1 Å². The molecule has 0 fully saturated rings. The van der Waals surface area contributed by atoms with Gasteiger partial charge in [0, 0.05) is 11.0 Å². The van der Waals surface area contributed by atoms with Gasteiger partial charge in [0.2, 0.25) is 0 Å². The lowest BCUT2D eigenvalue weighted by Gasteiger charge is -2.15. The molecule has 5 nitrogen and oxygen atoms in total. The minimum absolute atomic E-state index is 0.154. The topological polar surface area (TPSA) is 60.5 Å². The summed E-state index contributed by atoms with van der Waals surface area (Å²) in [6.45, 7) is 6.73. The van der Waals surface area contributed by atoms with Crippen molar-refractivity contribution in [1.29, 1.82) is 0 Å². The number of hydrogen-bond acceptors (Lipinski definition) is 5. The molecular weight excluding hydrogens is 432 g/mol. The van der Waals surface area contributed by atoms with E-state index in [-0.39, 0.29) is 11.9 Å². The van der Waals surface area contributed by atoms with Gasteiger partial charge in [0.1, 0.15) is 0 Å². The average Bonchev–Trinajstić information content (AvgIpc) is 3.27. The van der Waals surface area contributed by atoms with Crippen molar-refractivity contribution in [3.8, 4) is 11.5 Å². The van der Waals surface area contributed by atoms with Crippen LogP contribution in [0.25, 0.3) is 11.6 Å². The molecule has 1 heterocycles. The number of carbonyl (C=O) groups excluding carboxylic acids is 1. The molecule has 174 valence electrons. The molecule has 0 aliphatic rings. The molecule has 33 heavy (non-hydrogen) atoms. The minimum atomic E-state index is -0.192. The Hall–Kier alpha value is -3.12. The fourth-order valence-electron chi connectivity index (χ4n) is 3.42. The number of amides is 1. The Labute approximate surface area is 200 Å². The number of rotatable bonds is 11. The highest BCUT2D eigenvalue weighted by Gasteiger charge is 2.17. The van der Waals surface area contributed by atoms with Crippen molar-refractivity contribution in [2.24, 2.45) is 0 Å². The molecule has 2 aromatic carbocycles. The van der Waals surface area contributed by atoms with E-state index < -0.39 is 0 Å². The van der Waals surface area contributed by atoms with Gasteiger partial charge in [-0.3, -0.25) is 4.79 Å². The summed E-state index contributed by atoms with van der Waals surface area (Å²) >= 11 is 1.58. The van der Waals surface area contributed by atoms with Crippen LogP contribution in [0, 0.1) is 6.92 Å². The first-order chi connectivity index (χ1) is 16.0. The second kappa shape index (κ2) is 12.2. The smallest absolute Gasteiger partial charge is 0.252 e. The molecule has 1 unspecified atom stereocenters. The lowest BCUT2D eigenvalue weighted by molar-refractivity contribution is -0.116. The number of aromatic nitrogens is 1. The Morgan fingerprint density at radius 3 is 2.61 bits per heavy atom. The third-order valence-corrected chi connectivity index (χ3v) is 6.05. The molecule has 3 aromatic rings. The molecule has 1 atom stereocenters. The number of nitrogens with one attached hydrogen (secondary N) is 1. The van der Waals surface area contributed by atoms with Crippen molar-refractivity contribution in [3.63, 3.8) is 0 Å². The van der Waals surface area contributed by atoms with Crippen LogP contribution in [0.3, 0.4) is 0 Å². The van der Waals surface area contributed by atoms with E-state index in [0.29, 0.717) is 23.7 Å². The lowest BCUT2D eigenvalue weighted by Crippen LogP contribution is -2.27. The fourth-order valence-corrected chi connectivity index (χ4v) is 4.13. The van der Waals surface area contributed by atoms with E-state index in [2.05, 4.69) is 17.2 Å². The first-order valence-electron chi connectivity index (χ1n) is 11.3. The van der Waals surface area contributed by atoms with Gasteiger partial charge in [-0.05, 0) is 49.6 Å². The molecule has 0 radical (unpaired) electrons. The zero-order valence-electron chi connectivity index (χ0n) is 19.8. The Morgan fingerprint density at radius 2 is 1.94 bits per heavy atom. The maximum atomic E-state index is 13.3. The van der Waals surface area contributed by atoms with Gasteiger partial charge in [-0.1, -0.05) is 56.2 Å². The summed E-state index contributed by atoms with van der Waals surface area (Å²) in [5.41, 5.74) is 3.15. The number of methoxy groups -OCH3 is 1. The largest absolute Gasteiger partial charge is 0.493 e. The predicted molar refractivity (Wildman–Crippen MR) is 136 cm³/mol. The number of benzene rings is 2. The highest BCUT2D eigenvalue weighted by atomic mass is 32.1. The summed E-state index contributed by atoms with van der Waals surface area (Å²) in [5.74, 6) is 1.21. The normalized spacial score (nSPS) is 12.3. The van der Waals surface area contributed by atoms with E-state index in [9.17, 15) is 4.79 Å². The van der Waals surface area contributed by atoms with Gasteiger partial charge < -0.3 is 14.8 Å². The zero-order chi connectivity index (χ0) is 23.6. The molecule has 6 heteroatoms. The van der Waals surface area contributed by atoms with Crippen LogP contribution in [0.5, 0.6) is 11.5 Å². The van der Waals surface area contributed by atoms with Crippen LogP contribution in [-0.4, -0.2) is 24.6 Å². The zero-order valence-corrected chi connectivity index (χ0v) is 20.6. The second-order valence-electron chi connectivity index (χ2n) is 7.88. The van der Waals surface area contributed by atoms with Gasteiger partial charge in [-0.2, -0.15) is 0 Å². The highest BCUT2D eigenvalue weighted by molar-refractivity contribution is 7.09. The first kappa shape index (κ1) is 24.5.